The van der Waals surface area contributed by atoms with E-state index in [-0.39, 0.29) is 6.61 Å². The van der Waals surface area contributed by atoms with Crippen molar-refractivity contribution >= 4 is 0 Å². The standard InChI is InChI=1S/C15H14F2O2/c1-10(18)12-3-2-4-13(8-12)19-9-11-5-6-14(16)15(17)7-11/h2-8,10,18H,9H2,1H3/t10-/m1/s1. The summed E-state index contributed by atoms with van der Waals surface area (Å²) in [5, 5.41) is 9.45. The molecule has 19 heavy (non-hydrogen) atoms. The number of hydrogen-bond donors (Lipinski definition) is 1. The van der Waals surface area contributed by atoms with Gasteiger partial charge in [-0.2, -0.15) is 0 Å². The lowest BCUT2D eigenvalue weighted by atomic mass is 10.1. The smallest absolute Gasteiger partial charge is 0.159 e. The van der Waals surface area contributed by atoms with Gasteiger partial charge in [-0.3, -0.25) is 0 Å². The Morgan fingerprint density at radius 2 is 1.89 bits per heavy atom. The molecule has 2 rings (SSSR count). The van der Waals surface area contributed by atoms with E-state index in [4.69, 9.17) is 4.74 Å². The summed E-state index contributed by atoms with van der Waals surface area (Å²) in [6, 6.07) is 10.7. The summed E-state index contributed by atoms with van der Waals surface area (Å²) < 4.78 is 31.2. The van der Waals surface area contributed by atoms with Crippen molar-refractivity contribution < 1.29 is 18.6 Å². The SMILES string of the molecule is C[C@@H](O)c1cccc(OCc2ccc(F)c(F)c2)c1. The van der Waals surface area contributed by atoms with Gasteiger partial charge in [0.2, 0.25) is 0 Å². The van der Waals surface area contributed by atoms with E-state index in [9.17, 15) is 13.9 Å². The van der Waals surface area contributed by atoms with Gasteiger partial charge in [0.05, 0.1) is 6.10 Å². The molecule has 0 bridgehead atoms. The molecule has 0 aliphatic rings. The van der Waals surface area contributed by atoms with Crippen LogP contribution in [0.25, 0.3) is 0 Å². The van der Waals surface area contributed by atoms with E-state index in [1.807, 2.05) is 0 Å². The van der Waals surface area contributed by atoms with E-state index in [1.165, 1.54) is 6.07 Å². The third-order valence-electron chi connectivity index (χ3n) is 2.73. The predicted octanol–water partition coefficient (Wildman–Crippen LogP) is 3.60. The summed E-state index contributed by atoms with van der Waals surface area (Å²) in [6.45, 7) is 1.80. The van der Waals surface area contributed by atoms with Gasteiger partial charge >= 0.3 is 0 Å². The molecular weight excluding hydrogens is 250 g/mol. The average Bonchev–Trinajstić information content (AvgIpc) is 2.40. The molecule has 0 fully saturated rings. The minimum absolute atomic E-state index is 0.139. The second-order valence-electron chi connectivity index (χ2n) is 4.29. The van der Waals surface area contributed by atoms with Crippen LogP contribution in [0.2, 0.25) is 0 Å². The maximum absolute atomic E-state index is 13.0. The Labute approximate surface area is 110 Å². The van der Waals surface area contributed by atoms with E-state index in [1.54, 1.807) is 31.2 Å². The normalized spacial score (nSPS) is 12.2. The Kier molecular flexibility index (Phi) is 4.12. The molecule has 0 saturated heterocycles. The summed E-state index contributed by atoms with van der Waals surface area (Å²) in [7, 11) is 0. The molecule has 2 aromatic carbocycles. The fourth-order valence-electron chi connectivity index (χ4n) is 1.66. The highest BCUT2D eigenvalue weighted by Gasteiger charge is 2.05. The zero-order valence-corrected chi connectivity index (χ0v) is 10.4. The topological polar surface area (TPSA) is 29.5 Å². The van der Waals surface area contributed by atoms with Crippen molar-refractivity contribution in [2.45, 2.75) is 19.6 Å². The van der Waals surface area contributed by atoms with Crippen LogP contribution in [0, 0.1) is 11.6 Å². The molecule has 0 spiro atoms. The van der Waals surface area contributed by atoms with Crippen LogP contribution >= 0.6 is 0 Å². The Morgan fingerprint density at radius 3 is 2.58 bits per heavy atom. The van der Waals surface area contributed by atoms with Gasteiger partial charge in [-0.1, -0.05) is 18.2 Å². The Morgan fingerprint density at radius 1 is 1.11 bits per heavy atom. The van der Waals surface area contributed by atoms with E-state index in [2.05, 4.69) is 0 Å². The molecule has 0 aromatic heterocycles. The van der Waals surface area contributed by atoms with Crippen LogP contribution < -0.4 is 4.74 Å². The summed E-state index contributed by atoms with van der Waals surface area (Å²) in [6.07, 6.45) is -0.577. The Hall–Kier alpha value is -1.94. The highest BCUT2D eigenvalue weighted by molar-refractivity contribution is 5.30. The third-order valence-corrected chi connectivity index (χ3v) is 2.73. The zero-order chi connectivity index (χ0) is 13.8. The molecule has 0 aliphatic carbocycles. The van der Waals surface area contributed by atoms with Gasteiger partial charge in [0.25, 0.3) is 0 Å². The Bertz CT molecular complexity index is 568. The largest absolute Gasteiger partial charge is 0.489 e. The van der Waals surface area contributed by atoms with Crippen molar-refractivity contribution in [3.63, 3.8) is 0 Å². The van der Waals surface area contributed by atoms with Crippen LogP contribution in [0.15, 0.2) is 42.5 Å². The van der Waals surface area contributed by atoms with Crippen LogP contribution in [0.5, 0.6) is 5.75 Å². The average molecular weight is 264 g/mol. The second-order valence-corrected chi connectivity index (χ2v) is 4.29. The lowest BCUT2D eigenvalue weighted by molar-refractivity contribution is 0.198. The maximum atomic E-state index is 13.0. The van der Waals surface area contributed by atoms with E-state index >= 15 is 0 Å². The van der Waals surface area contributed by atoms with Crippen LogP contribution in [0.4, 0.5) is 8.78 Å². The molecule has 2 aromatic rings. The van der Waals surface area contributed by atoms with Gasteiger partial charge in [0.15, 0.2) is 11.6 Å². The molecular formula is C15H14F2O2. The van der Waals surface area contributed by atoms with E-state index in [0.717, 1.165) is 17.7 Å². The van der Waals surface area contributed by atoms with Gasteiger partial charge in [-0.15, -0.1) is 0 Å². The number of halogens is 2. The van der Waals surface area contributed by atoms with Crippen LogP contribution in [-0.2, 0) is 6.61 Å². The van der Waals surface area contributed by atoms with Crippen molar-refractivity contribution in [1.29, 1.82) is 0 Å². The fourth-order valence-corrected chi connectivity index (χ4v) is 1.66. The minimum Gasteiger partial charge on any atom is -0.489 e. The highest BCUT2D eigenvalue weighted by atomic mass is 19.2. The molecule has 0 radical (unpaired) electrons. The number of aliphatic hydroxyl groups excluding tert-OH is 1. The third kappa shape index (κ3) is 3.51. The summed E-state index contributed by atoms with van der Waals surface area (Å²) in [5.74, 6) is -1.19. The molecule has 1 atom stereocenters. The molecule has 4 heteroatoms. The first kappa shape index (κ1) is 13.5. The first-order valence-corrected chi connectivity index (χ1v) is 5.91. The van der Waals surface area contributed by atoms with Gasteiger partial charge in [0, 0.05) is 0 Å². The number of ether oxygens (including phenoxy) is 1. The van der Waals surface area contributed by atoms with Crippen molar-refractivity contribution in [2.24, 2.45) is 0 Å². The van der Waals surface area contributed by atoms with Crippen molar-refractivity contribution in [1.82, 2.24) is 0 Å². The molecule has 0 heterocycles. The predicted molar refractivity (Wildman–Crippen MR) is 67.8 cm³/mol. The number of rotatable bonds is 4. The van der Waals surface area contributed by atoms with Crippen molar-refractivity contribution in [3.8, 4) is 5.75 Å². The van der Waals surface area contributed by atoms with E-state index in [0.29, 0.717) is 11.3 Å². The van der Waals surface area contributed by atoms with E-state index < -0.39 is 17.7 Å². The lowest BCUT2D eigenvalue weighted by Gasteiger charge is -2.09. The fraction of sp³-hybridized carbons (Fsp3) is 0.200. The molecule has 0 unspecified atom stereocenters. The first-order valence-electron chi connectivity index (χ1n) is 5.91. The second kappa shape index (κ2) is 5.80. The quantitative estimate of drug-likeness (QED) is 0.914. The molecule has 1 N–H and O–H groups in total. The maximum Gasteiger partial charge on any atom is 0.159 e. The van der Waals surface area contributed by atoms with Gasteiger partial charge < -0.3 is 9.84 Å². The molecule has 0 amide bonds. The summed E-state index contributed by atoms with van der Waals surface area (Å²) in [5.41, 5.74) is 1.28. The molecule has 100 valence electrons. The highest BCUT2D eigenvalue weighted by Crippen LogP contribution is 2.20. The van der Waals surface area contributed by atoms with Gasteiger partial charge in [0.1, 0.15) is 12.4 Å². The van der Waals surface area contributed by atoms with Crippen molar-refractivity contribution in [2.75, 3.05) is 0 Å². The van der Waals surface area contributed by atoms with Crippen molar-refractivity contribution in [3.05, 3.63) is 65.2 Å². The van der Waals surface area contributed by atoms with Gasteiger partial charge in [-0.05, 0) is 42.3 Å². The Balaban J connectivity index is 2.05. The zero-order valence-electron chi connectivity index (χ0n) is 10.4. The molecule has 0 saturated carbocycles. The number of hydrogen-bond acceptors (Lipinski definition) is 2. The van der Waals surface area contributed by atoms with Crippen LogP contribution in [-0.4, -0.2) is 5.11 Å². The minimum atomic E-state index is -0.890. The molecule has 0 aliphatic heterocycles. The summed E-state index contributed by atoms with van der Waals surface area (Å²) in [4.78, 5) is 0. The van der Waals surface area contributed by atoms with Crippen LogP contribution in [0.3, 0.4) is 0 Å². The lowest BCUT2D eigenvalue weighted by Crippen LogP contribution is -1.98. The number of aliphatic hydroxyl groups is 1. The molecule has 2 nitrogen and oxygen atoms in total. The number of benzene rings is 2. The first-order chi connectivity index (χ1) is 9.06. The van der Waals surface area contributed by atoms with Crippen LogP contribution in [0.1, 0.15) is 24.2 Å². The summed E-state index contributed by atoms with van der Waals surface area (Å²) >= 11 is 0. The monoisotopic (exact) mass is 264 g/mol. The van der Waals surface area contributed by atoms with Gasteiger partial charge in [-0.25, -0.2) is 8.78 Å².